The van der Waals surface area contributed by atoms with E-state index in [1.165, 1.54) is 38.3 Å². The smallest absolute Gasteiger partial charge is 0.326 e. The van der Waals surface area contributed by atoms with Gasteiger partial charge >= 0.3 is 5.69 Å². The SMILES string of the molecule is CCCCCCCCn1c2ccccc2c(=NCCc2ccccc2)c2c(=O)n(C)c(=O)[nH]c21. The summed E-state index contributed by atoms with van der Waals surface area (Å²) in [7, 11) is 1.52. The Labute approximate surface area is 199 Å². The summed E-state index contributed by atoms with van der Waals surface area (Å²) in [6, 6.07) is 18.3. The summed E-state index contributed by atoms with van der Waals surface area (Å²) in [4.78, 5) is 33.8. The maximum atomic E-state index is 13.3. The molecule has 2 aromatic carbocycles. The van der Waals surface area contributed by atoms with Crippen LogP contribution in [0.2, 0.25) is 0 Å². The predicted octanol–water partition coefficient (Wildman–Crippen LogP) is 4.69. The fraction of sp³-hybridized carbons (Fsp3) is 0.393. The van der Waals surface area contributed by atoms with E-state index in [0.29, 0.717) is 22.9 Å². The van der Waals surface area contributed by atoms with Crippen LogP contribution < -0.4 is 16.6 Å². The lowest BCUT2D eigenvalue weighted by atomic mass is 10.1. The average Bonchev–Trinajstić information content (AvgIpc) is 2.86. The molecule has 4 rings (SSSR count). The zero-order valence-corrected chi connectivity index (χ0v) is 20.2. The lowest BCUT2D eigenvalue weighted by molar-refractivity contribution is 0.568. The van der Waals surface area contributed by atoms with E-state index in [1.807, 2.05) is 36.4 Å². The highest BCUT2D eigenvalue weighted by Gasteiger charge is 2.15. The first-order valence-electron chi connectivity index (χ1n) is 12.4. The van der Waals surface area contributed by atoms with Gasteiger partial charge in [0.05, 0.1) is 10.9 Å². The Morgan fingerprint density at radius 1 is 0.882 bits per heavy atom. The highest BCUT2D eigenvalue weighted by atomic mass is 16.2. The number of hydrogen-bond donors (Lipinski definition) is 1. The molecular weight excluding hydrogens is 424 g/mol. The van der Waals surface area contributed by atoms with Gasteiger partial charge in [0, 0.05) is 25.5 Å². The Kier molecular flexibility index (Phi) is 7.78. The molecule has 1 N–H and O–H groups in total. The molecule has 0 aliphatic carbocycles. The number of H-pyrrole nitrogens is 1. The van der Waals surface area contributed by atoms with Crippen LogP contribution in [-0.4, -0.2) is 20.7 Å². The van der Waals surface area contributed by atoms with Gasteiger partial charge in [0.25, 0.3) is 5.56 Å². The normalized spacial score (nSPS) is 12.1. The number of hydrogen-bond acceptors (Lipinski definition) is 3. The first kappa shape index (κ1) is 23.7. The summed E-state index contributed by atoms with van der Waals surface area (Å²) in [5.41, 5.74) is 2.05. The van der Waals surface area contributed by atoms with Crippen LogP contribution in [0.25, 0.3) is 21.9 Å². The number of benzene rings is 2. The Balaban J connectivity index is 1.83. The Morgan fingerprint density at radius 2 is 1.59 bits per heavy atom. The first-order valence-corrected chi connectivity index (χ1v) is 12.4. The van der Waals surface area contributed by atoms with Gasteiger partial charge in [-0.3, -0.25) is 19.3 Å². The number of nitrogens with zero attached hydrogens (tertiary/aromatic N) is 3. The molecule has 0 radical (unpaired) electrons. The lowest BCUT2D eigenvalue weighted by Crippen LogP contribution is -2.36. The minimum Gasteiger partial charge on any atom is -0.326 e. The molecule has 0 bridgehead atoms. The maximum Gasteiger partial charge on any atom is 0.329 e. The van der Waals surface area contributed by atoms with Crippen molar-refractivity contribution < 1.29 is 0 Å². The number of fused-ring (bicyclic) bond motifs is 2. The lowest BCUT2D eigenvalue weighted by Gasteiger charge is -2.16. The van der Waals surface area contributed by atoms with Crippen molar-refractivity contribution in [3.8, 4) is 0 Å². The van der Waals surface area contributed by atoms with Crippen LogP contribution >= 0.6 is 0 Å². The topological polar surface area (TPSA) is 72.2 Å². The van der Waals surface area contributed by atoms with Crippen molar-refractivity contribution in [2.45, 2.75) is 58.4 Å². The average molecular weight is 459 g/mol. The standard InChI is InChI=1S/C28H34N4O2/c1-3-4-5-6-7-13-20-32-23-17-12-11-16-22(23)25(29-19-18-21-14-9-8-10-15-21)24-26(32)30-28(34)31(2)27(24)33/h8-12,14-17H,3-7,13,18-20H2,1-2H3,(H,30,34). The monoisotopic (exact) mass is 458 g/mol. The third-order valence-corrected chi connectivity index (χ3v) is 6.49. The minimum absolute atomic E-state index is 0.306. The Morgan fingerprint density at radius 3 is 2.38 bits per heavy atom. The molecule has 6 heteroatoms. The summed E-state index contributed by atoms with van der Waals surface area (Å²) < 4.78 is 3.24. The zero-order chi connectivity index (χ0) is 23.9. The van der Waals surface area contributed by atoms with E-state index in [2.05, 4.69) is 34.7 Å². The van der Waals surface area contributed by atoms with Crippen molar-refractivity contribution >= 4 is 21.9 Å². The van der Waals surface area contributed by atoms with Crippen LogP contribution in [0.1, 0.15) is 51.0 Å². The van der Waals surface area contributed by atoms with Crippen molar-refractivity contribution in [2.24, 2.45) is 12.0 Å². The predicted molar refractivity (Wildman–Crippen MR) is 139 cm³/mol. The molecule has 0 saturated carbocycles. The molecule has 0 amide bonds. The van der Waals surface area contributed by atoms with Crippen LogP contribution in [0.15, 0.2) is 69.2 Å². The molecule has 0 aliphatic rings. The quantitative estimate of drug-likeness (QED) is 0.277. The van der Waals surface area contributed by atoms with Gasteiger partial charge in [-0.25, -0.2) is 4.79 Å². The number of para-hydroxylation sites is 1. The van der Waals surface area contributed by atoms with E-state index < -0.39 is 5.69 Å². The van der Waals surface area contributed by atoms with Gasteiger partial charge in [-0.1, -0.05) is 87.6 Å². The molecule has 0 fully saturated rings. The second-order valence-corrected chi connectivity index (χ2v) is 8.92. The van der Waals surface area contributed by atoms with Crippen molar-refractivity contribution in [2.75, 3.05) is 6.54 Å². The van der Waals surface area contributed by atoms with Crippen molar-refractivity contribution in [3.63, 3.8) is 0 Å². The van der Waals surface area contributed by atoms with Gasteiger partial charge in [0.1, 0.15) is 11.0 Å². The molecule has 34 heavy (non-hydrogen) atoms. The molecule has 4 aromatic rings. The first-order chi connectivity index (χ1) is 16.6. The fourth-order valence-electron chi connectivity index (χ4n) is 4.58. The van der Waals surface area contributed by atoms with Crippen LogP contribution in [0.5, 0.6) is 0 Å². The van der Waals surface area contributed by atoms with Crippen molar-refractivity contribution in [3.05, 3.63) is 86.4 Å². The van der Waals surface area contributed by atoms with Gasteiger partial charge in [-0.2, -0.15) is 0 Å². The zero-order valence-electron chi connectivity index (χ0n) is 20.2. The molecule has 0 atom stereocenters. The molecule has 0 saturated heterocycles. The molecule has 2 heterocycles. The number of unbranched alkanes of at least 4 members (excludes halogenated alkanes) is 5. The van der Waals surface area contributed by atoms with Crippen LogP contribution in [-0.2, 0) is 20.0 Å². The second-order valence-electron chi connectivity index (χ2n) is 8.92. The molecule has 0 aliphatic heterocycles. The number of nitrogens with one attached hydrogen (secondary N) is 1. The summed E-state index contributed by atoms with van der Waals surface area (Å²) in [6.45, 7) is 3.53. The number of rotatable bonds is 10. The van der Waals surface area contributed by atoms with Crippen LogP contribution in [0.4, 0.5) is 0 Å². The number of pyridine rings is 1. The van der Waals surface area contributed by atoms with E-state index in [9.17, 15) is 9.59 Å². The van der Waals surface area contributed by atoms with E-state index in [1.54, 1.807) is 0 Å². The number of aryl methyl sites for hydroxylation is 1. The number of aromatic nitrogens is 3. The van der Waals surface area contributed by atoms with Gasteiger partial charge in [0.15, 0.2) is 0 Å². The molecule has 6 nitrogen and oxygen atoms in total. The number of aromatic amines is 1. The summed E-state index contributed by atoms with van der Waals surface area (Å²) >= 11 is 0. The second kappa shape index (κ2) is 11.1. The van der Waals surface area contributed by atoms with Gasteiger partial charge in [0.2, 0.25) is 0 Å². The Hall–Kier alpha value is -3.41. The highest BCUT2D eigenvalue weighted by molar-refractivity contribution is 5.91. The summed E-state index contributed by atoms with van der Waals surface area (Å²) in [6.07, 6.45) is 7.85. The van der Waals surface area contributed by atoms with Gasteiger partial charge in [-0.05, 0) is 24.5 Å². The molecule has 2 aromatic heterocycles. The third-order valence-electron chi connectivity index (χ3n) is 6.49. The molecule has 178 valence electrons. The van der Waals surface area contributed by atoms with E-state index in [0.717, 1.165) is 41.3 Å². The molecule has 0 unspecified atom stereocenters. The van der Waals surface area contributed by atoms with E-state index >= 15 is 0 Å². The van der Waals surface area contributed by atoms with Crippen molar-refractivity contribution in [1.29, 1.82) is 0 Å². The summed E-state index contributed by atoms with van der Waals surface area (Å²) in [5, 5.41) is 2.09. The van der Waals surface area contributed by atoms with Crippen molar-refractivity contribution in [1.82, 2.24) is 14.1 Å². The van der Waals surface area contributed by atoms with E-state index in [-0.39, 0.29) is 5.56 Å². The van der Waals surface area contributed by atoms with Crippen LogP contribution in [0.3, 0.4) is 0 Å². The molecular formula is C28H34N4O2. The third kappa shape index (κ3) is 5.06. The van der Waals surface area contributed by atoms with Gasteiger partial charge < -0.3 is 4.57 Å². The highest BCUT2D eigenvalue weighted by Crippen LogP contribution is 2.17. The minimum atomic E-state index is -0.403. The van der Waals surface area contributed by atoms with Crippen LogP contribution in [0, 0.1) is 0 Å². The largest absolute Gasteiger partial charge is 0.329 e. The maximum absolute atomic E-state index is 13.3. The van der Waals surface area contributed by atoms with Gasteiger partial charge in [-0.15, -0.1) is 0 Å². The Bertz CT molecular complexity index is 1450. The summed E-state index contributed by atoms with van der Waals surface area (Å²) in [5.74, 6) is 0. The van der Waals surface area contributed by atoms with E-state index in [4.69, 9.17) is 4.99 Å². The molecule has 0 spiro atoms. The fourth-order valence-corrected chi connectivity index (χ4v) is 4.58.